The van der Waals surface area contributed by atoms with Crippen molar-refractivity contribution in [2.45, 2.75) is 50.3 Å². The Labute approximate surface area is 169 Å². The molecule has 2 aliphatic rings. The summed E-state index contributed by atoms with van der Waals surface area (Å²) in [5, 5.41) is 0. The second-order valence-electron chi connectivity index (χ2n) is 7.50. The predicted octanol–water partition coefficient (Wildman–Crippen LogP) is 2.46. The van der Waals surface area contributed by atoms with E-state index < -0.39 is 16.0 Å². The molecule has 9 heteroatoms. The lowest BCUT2D eigenvalue weighted by Crippen LogP contribution is -2.36. The van der Waals surface area contributed by atoms with Gasteiger partial charge in [0.05, 0.1) is 19.2 Å². The lowest BCUT2D eigenvalue weighted by atomic mass is 10.0. The molecule has 0 fully saturated rings. The highest BCUT2D eigenvalue weighted by molar-refractivity contribution is 7.91. The molecule has 1 aromatic rings. The SMILES string of the molecule is COC(=O)c1c(S(=O)(=O)NCC(C)C)sc2c1CCN(C(=O)C1=CCCC1)C2. The third kappa shape index (κ3) is 4.16. The third-order valence-corrected chi connectivity index (χ3v) is 8.10. The Bertz CT molecular complexity index is 915. The zero-order valence-corrected chi connectivity index (χ0v) is 18.0. The van der Waals surface area contributed by atoms with Gasteiger partial charge in [0.1, 0.15) is 4.21 Å². The van der Waals surface area contributed by atoms with E-state index in [1.807, 2.05) is 19.9 Å². The Kier molecular flexibility index (Phi) is 6.26. The molecule has 0 radical (unpaired) electrons. The van der Waals surface area contributed by atoms with E-state index in [-0.39, 0.29) is 28.1 Å². The molecule has 1 aromatic heterocycles. The Hall–Kier alpha value is -1.71. The van der Waals surface area contributed by atoms with Crippen molar-refractivity contribution in [3.05, 3.63) is 27.7 Å². The number of fused-ring (bicyclic) bond motifs is 1. The molecule has 1 amide bonds. The van der Waals surface area contributed by atoms with E-state index in [1.165, 1.54) is 7.11 Å². The van der Waals surface area contributed by atoms with Crippen molar-refractivity contribution in [3.63, 3.8) is 0 Å². The highest BCUT2D eigenvalue weighted by atomic mass is 32.2. The van der Waals surface area contributed by atoms with E-state index in [9.17, 15) is 18.0 Å². The van der Waals surface area contributed by atoms with Crippen molar-refractivity contribution in [1.82, 2.24) is 9.62 Å². The van der Waals surface area contributed by atoms with Gasteiger partial charge in [-0.3, -0.25) is 4.79 Å². The Morgan fingerprint density at radius 3 is 2.68 bits per heavy atom. The third-order valence-electron chi connectivity index (χ3n) is 4.94. The summed E-state index contributed by atoms with van der Waals surface area (Å²) in [6.07, 6.45) is 5.14. The van der Waals surface area contributed by atoms with Gasteiger partial charge in [-0.15, -0.1) is 11.3 Å². The summed E-state index contributed by atoms with van der Waals surface area (Å²) in [7, 11) is -2.59. The summed E-state index contributed by atoms with van der Waals surface area (Å²) in [6, 6.07) is 0. The number of carbonyl (C=O) groups is 2. The summed E-state index contributed by atoms with van der Waals surface area (Å²) < 4.78 is 33.1. The molecule has 2 heterocycles. The Morgan fingerprint density at radius 2 is 2.07 bits per heavy atom. The molecular weight excluding hydrogens is 400 g/mol. The Morgan fingerprint density at radius 1 is 1.32 bits per heavy atom. The largest absolute Gasteiger partial charge is 0.465 e. The molecule has 0 aromatic carbocycles. The van der Waals surface area contributed by atoms with Crippen LogP contribution in [0.2, 0.25) is 0 Å². The maximum atomic E-state index is 12.8. The molecule has 0 spiro atoms. The lowest BCUT2D eigenvalue weighted by Gasteiger charge is -2.27. The molecule has 1 aliphatic carbocycles. The number of methoxy groups -OCH3 is 1. The molecule has 1 aliphatic heterocycles. The van der Waals surface area contributed by atoms with Crippen LogP contribution in [0.15, 0.2) is 15.9 Å². The van der Waals surface area contributed by atoms with Crippen molar-refractivity contribution in [2.75, 3.05) is 20.2 Å². The number of nitrogens with zero attached hydrogens (tertiary/aromatic N) is 1. The number of allylic oxidation sites excluding steroid dienone is 1. The number of amides is 1. The smallest absolute Gasteiger partial charge is 0.340 e. The number of sulfonamides is 1. The number of ether oxygens (including phenoxy) is 1. The van der Waals surface area contributed by atoms with E-state index in [2.05, 4.69) is 4.72 Å². The van der Waals surface area contributed by atoms with Gasteiger partial charge in [-0.1, -0.05) is 19.9 Å². The van der Waals surface area contributed by atoms with Crippen molar-refractivity contribution >= 4 is 33.2 Å². The van der Waals surface area contributed by atoms with Crippen molar-refractivity contribution in [3.8, 4) is 0 Å². The van der Waals surface area contributed by atoms with Crippen LogP contribution in [0.25, 0.3) is 0 Å². The molecule has 0 atom stereocenters. The lowest BCUT2D eigenvalue weighted by molar-refractivity contribution is -0.128. The summed E-state index contributed by atoms with van der Waals surface area (Å²) in [5.74, 6) is -0.502. The molecule has 1 N–H and O–H groups in total. The topological polar surface area (TPSA) is 92.8 Å². The zero-order chi connectivity index (χ0) is 20.5. The quantitative estimate of drug-likeness (QED) is 0.706. The van der Waals surface area contributed by atoms with E-state index in [1.54, 1.807) is 4.90 Å². The molecular formula is C19H26N2O5S2. The summed E-state index contributed by atoms with van der Waals surface area (Å²) >= 11 is 1.06. The summed E-state index contributed by atoms with van der Waals surface area (Å²) in [6.45, 7) is 4.88. The van der Waals surface area contributed by atoms with Gasteiger partial charge in [0, 0.05) is 23.5 Å². The average Bonchev–Trinajstić information content (AvgIpc) is 3.32. The molecule has 0 bridgehead atoms. The summed E-state index contributed by atoms with van der Waals surface area (Å²) in [4.78, 5) is 27.6. The molecule has 3 rings (SSSR count). The van der Waals surface area contributed by atoms with Crippen LogP contribution in [0.3, 0.4) is 0 Å². The van der Waals surface area contributed by atoms with E-state index in [0.717, 1.165) is 41.0 Å². The highest BCUT2D eigenvalue weighted by Crippen LogP contribution is 2.37. The fourth-order valence-corrected chi connectivity index (χ4v) is 6.62. The van der Waals surface area contributed by atoms with Gasteiger partial charge in [0.25, 0.3) is 10.0 Å². The maximum absolute atomic E-state index is 12.8. The fraction of sp³-hybridized carbons (Fsp3) is 0.579. The molecule has 7 nitrogen and oxygen atoms in total. The Balaban J connectivity index is 1.94. The maximum Gasteiger partial charge on any atom is 0.340 e. The van der Waals surface area contributed by atoms with Crippen LogP contribution in [0, 0.1) is 5.92 Å². The van der Waals surface area contributed by atoms with Crippen LogP contribution < -0.4 is 4.72 Å². The van der Waals surface area contributed by atoms with E-state index in [0.29, 0.717) is 25.1 Å². The number of hydrogen-bond acceptors (Lipinski definition) is 6. The first-order chi connectivity index (χ1) is 13.2. The fourth-order valence-electron chi connectivity index (χ4n) is 3.46. The number of rotatable bonds is 6. The second-order valence-corrected chi connectivity index (χ2v) is 10.6. The monoisotopic (exact) mass is 426 g/mol. The minimum atomic E-state index is -3.84. The van der Waals surface area contributed by atoms with Gasteiger partial charge in [0.15, 0.2) is 0 Å². The summed E-state index contributed by atoms with van der Waals surface area (Å²) in [5.41, 5.74) is 1.64. The van der Waals surface area contributed by atoms with Gasteiger partial charge < -0.3 is 9.64 Å². The minimum Gasteiger partial charge on any atom is -0.465 e. The first-order valence-electron chi connectivity index (χ1n) is 9.45. The van der Waals surface area contributed by atoms with E-state index in [4.69, 9.17) is 4.74 Å². The van der Waals surface area contributed by atoms with Gasteiger partial charge >= 0.3 is 5.97 Å². The van der Waals surface area contributed by atoms with Crippen LogP contribution in [0.1, 0.15) is 53.9 Å². The van der Waals surface area contributed by atoms with Crippen molar-refractivity contribution in [1.29, 1.82) is 0 Å². The highest BCUT2D eigenvalue weighted by Gasteiger charge is 2.35. The first kappa shape index (κ1) is 21.0. The first-order valence-corrected chi connectivity index (χ1v) is 11.8. The average molecular weight is 427 g/mol. The number of esters is 1. The van der Waals surface area contributed by atoms with Gasteiger partial charge in [-0.05, 0) is 37.2 Å². The number of hydrogen-bond donors (Lipinski definition) is 1. The van der Waals surface area contributed by atoms with E-state index >= 15 is 0 Å². The molecule has 154 valence electrons. The standard InChI is InChI=1S/C19H26N2O5S2/c1-12(2)10-20-28(24,25)19-16(18(23)26-3)14-8-9-21(11-15(14)27-19)17(22)13-6-4-5-7-13/h6,12,20H,4-5,7-11H2,1-3H3. The number of nitrogens with one attached hydrogen (secondary N) is 1. The van der Waals surface area contributed by atoms with Crippen LogP contribution in [-0.4, -0.2) is 45.4 Å². The predicted molar refractivity (Wildman–Crippen MR) is 107 cm³/mol. The molecule has 0 saturated heterocycles. The van der Waals surface area contributed by atoms with Crippen molar-refractivity contribution in [2.24, 2.45) is 5.92 Å². The van der Waals surface area contributed by atoms with Crippen LogP contribution >= 0.6 is 11.3 Å². The second kappa shape index (κ2) is 8.34. The zero-order valence-electron chi connectivity index (χ0n) is 16.4. The minimum absolute atomic E-state index is 0.0125. The van der Waals surface area contributed by atoms with Crippen molar-refractivity contribution < 1.29 is 22.7 Å². The van der Waals surface area contributed by atoms with Gasteiger partial charge in [0.2, 0.25) is 5.91 Å². The van der Waals surface area contributed by atoms with Gasteiger partial charge in [-0.25, -0.2) is 17.9 Å². The molecule has 0 saturated carbocycles. The molecule has 0 unspecified atom stereocenters. The van der Waals surface area contributed by atoms with Gasteiger partial charge in [-0.2, -0.15) is 0 Å². The number of carbonyl (C=O) groups excluding carboxylic acids is 2. The van der Waals surface area contributed by atoms with Crippen LogP contribution in [-0.2, 0) is 32.5 Å². The van der Waals surface area contributed by atoms with Crippen LogP contribution in [0.5, 0.6) is 0 Å². The normalized spacial score (nSPS) is 16.9. The van der Waals surface area contributed by atoms with Crippen LogP contribution in [0.4, 0.5) is 0 Å². The molecule has 28 heavy (non-hydrogen) atoms. The number of thiophene rings is 1.